The van der Waals surface area contributed by atoms with Crippen LogP contribution < -0.4 is 25.0 Å². The van der Waals surface area contributed by atoms with Crippen LogP contribution in [0.25, 0.3) is 0 Å². The predicted molar refractivity (Wildman–Crippen MR) is 132 cm³/mol. The molecule has 0 aliphatic carbocycles. The number of nitrogens with one attached hydrogen (secondary N) is 2. The third kappa shape index (κ3) is 5.96. The number of benzene rings is 2. The molecule has 4 rings (SSSR count). The molecule has 2 amide bonds. The Bertz CT molecular complexity index is 947. The Labute approximate surface area is 205 Å². The van der Waals surface area contributed by atoms with Crippen LogP contribution in [-0.4, -0.2) is 99.0 Å². The molecule has 35 heavy (non-hydrogen) atoms. The lowest BCUT2D eigenvalue weighted by molar-refractivity contribution is -0.0205. The summed E-state index contributed by atoms with van der Waals surface area (Å²) >= 11 is 0. The third-order valence-electron chi connectivity index (χ3n) is 6.57. The van der Waals surface area contributed by atoms with E-state index in [4.69, 9.17) is 14.2 Å². The molecular formula is C25H34N4O6. The molecule has 190 valence electrons. The highest BCUT2D eigenvalue weighted by Gasteiger charge is 2.46. The van der Waals surface area contributed by atoms with Crippen molar-refractivity contribution in [3.05, 3.63) is 48.5 Å². The first-order valence-electron chi connectivity index (χ1n) is 11.8. The highest BCUT2D eigenvalue weighted by molar-refractivity contribution is 5.89. The van der Waals surface area contributed by atoms with Crippen LogP contribution in [0.4, 0.5) is 16.2 Å². The summed E-state index contributed by atoms with van der Waals surface area (Å²) in [6.07, 6.45) is -2.00. The van der Waals surface area contributed by atoms with E-state index >= 15 is 0 Å². The molecule has 2 fully saturated rings. The molecule has 2 aromatic rings. The van der Waals surface area contributed by atoms with E-state index in [0.717, 1.165) is 26.2 Å². The average Bonchev–Trinajstić information content (AvgIpc) is 3.22. The van der Waals surface area contributed by atoms with E-state index in [1.165, 1.54) is 5.69 Å². The van der Waals surface area contributed by atoms with Gasteiger partial charge in [-0.3, -0.25) is 4.90 Å². The summed E-state index contributed by atoms with van der Waals surface area (Å²) in [4.78, 5) is 17.1. The van der Waals surface area contributed by atoms with E-state index in [1.54, 1.807) is 32.4 Å². The molecule has 0 aromatic heterocycles. The highest BCUT2D eigenvalue weighted by atomic mass is 16.5. The van der Waals surface area contributed by atoms with Crippen LogP contribution in [0, 0.1) is 0 Å². The highest BCUT2D eigenvalue weighted by Crippen LogP contribution is 2.28. The topological polar surface area (TPSA) is 116 Å². The molecule has 2 aliphatic heterocycles. The lowest BCUT2D eigenvalue weighted by Gasteiger charge is -2.41. The number of carbonyl (C=O) groups excluding carboxylic acids is 1. The Kier molecular flexibility index (Phi) is 8.29. The van der Waals surface area contributed by atoms with E-state index in [-0.39, 0.29) is 19.2 Å². The number of piperazine rings is 1. The van der Waals surface area contributed by atoms with E-state index in [9.17, 15) is 15.0 Å². The maximum Gasteiger partial charge on any atom is 0.319 e. The molecule has 10 heteroatoms. The number of rotatable bonds is 8. The van der Waals surface area contributed by atoms with Crippen molar-refractivity contribution in [3.63, 3.8) is 0 Å². The van der Waals surface area contributed by atoms with Gasteiger partial charge in [-0.05, 0) is 12.1 Å². The normalized spacial score (nSPS) is 24.7. The van der Waals surface area contributed by atoms with E-state index in [2.05, 4.69) is 32.6 Å². The van der Waals surface area contributed by atoms with Gasteiger partial charge < -0.3 is 40.0 Å². The Morgan fingerprint density at radius 3 is 2.29 bits per heavy atom. The van der Waals surface area contributed by atoms with Crippen LogP contribution in [0.2, 0.25) is 0 Å². The number of ether oxygens (including phenoxy) is 3. The number of anilines is 2. The number of amides is 2. The fraction of sp³-hybridized carbons (Fsp3) is 0.480. The molecule has 2 aliphatic rings. The summed E-state index contributed by atoms with van der Waals surface area (Å²) in [6, 6.07) is 14.6. The van der Waals surface area contributed by atoms with Crippen molar-refractivity contribution in [3.8, 4) is 11.5 Å². The molecule has 4 unspecified atom stereocenters. The maximum atomic E-state index is 12.6. The van der Waals surface area contributed by atoms with Crippen molar-refractivity contribution in [2.24, 2.45) is 0 Å². The first kappa shape index (κ1) is 25.1. The van der Waals surface area contributed by atoms with Crippen molar-refractivity contribution in [2.75, 3.05) is 63.8 Å². The predicted octanol–water partition coefficient (Wildman–Crippen LogP) is 1.14. The zero-order valence-corrected chi connectivity index (χ0v) is 20.1. The van der Waals surface area contributed by atoms with Crippen LogP contribution in [-0.2, 0) is 4.74 Å². The second-order valence-corrected chi connectivity index (χ2v) is 8.67. The van der Waals surface area contributed by atoms with Crippen molar-refractivity contribution in [1.29, 1.82) is 0 Å². The molecule has 0 bridgehead atoms. The number of urea groups is 1. The SMILES string of the molecule is COc1cc(NC(=O)NCC2OC(CO)C(O)C2N2CCN(c3ccccc3)CC2)cc(OC)c1. The number of para-hydroxylation sites is 1. The average molecular weight is 487 g/mol. The lowest BCUT2D eigenvalue weighted by Crippen LogP contribution is -2.57. The number of hydrogen-bond donors (Lipinski definition) is 4. The van der Waals surface area contributed by atoms with Gasteiger partial charge in [-0.2, -0.15) is 0 Å². The summed E-state index contributed by atoms with van der Waals surface area (Å²) in [5.74, 6) is 1.12. The smallest absolute Gasteiger partial charge is 0.319 e. The van der Waals surface area contributed by atoms with Crippen LogP contribution in [0.3, 0.4) is 0 Å². The Morgan fingerprint density at radius 2 is 1.69 bits per heavy atom. The van der Waals surface area contributed by atoms with Crippen molar-refractivity contribution < 1.29 is 29.2 Å². The van der Waals surface area contributed by atoms with Gasteiger partial charge in [0.1, 0.15) is 23.7 Å². The van der Waals surface area contributed by atoms with Gasteiger partial charge in [-0.15, -0.1) is 0 Å². The van der Waals surface area contributed by atoms with Crippen LogP contribution in [0.15, 0.2) is 48.5 Å². The minimum atomic E-state index is -0.846. The van der Waals surface area contributed by atoms with Gasteiger partial charge in [0.05, 0.1) is 33.0 Å². The standard InChI is InChI=1S/C25H34N4O6/c1-33-19-12-17(13-20(14-19)34-2)27-25(32)26-15-21-23(24(31)22(16-30)35-21)29-10-8-28(9-11-29)18-6-4-3-5-7-18/h3-7,12-14,21-24,30-31H,8-11,15-16H2,1-2H3,(H2,26,27,32). The molecule has 0 saturated carbocycles. The zero-order chi connectivity index (χ0) is 24.8. The van der Waals surface area contributed by atoms with E-state index < -0.39 is 24.3 Å². The molecular weight excluding hydrogens is 452 g/mol. The minimum Gasteiger partial charge on any atom is -0.497 e. The fourth-order valence-electron chi connectivity index (χ4n) is 4.76. The first-order valence-corrected chi connectivity index (χ1v) is 11.8. The lowest BCUT2D eigenvalue weighted by atomic mass is 10.0. The van der Waals surface area contributed by atoms with E-state index in [0.29, 0.717) is 17.2 Å². The maximum absolute atomic E-state index is 12.6. The van der Waals surface area contributed by atoms with Gasteiger partial charge in [0.15, 0.2) is 0 Å². The van der Waals surface area contributed by atoms with E-state index in [1.807, 2.05) is 18.2 Å². The largest absolute Gasteiger partial charge is 0.497 e. The molecule has 2 saturated heterocycles. The van der Waals surface area contributed by atoms with Gasteiger partial charge >= 0.3 is 6.03 Å². The van der Waals surface area contributed by atoms with Crippen molar-refractivity contribution in [1.82, 2.24) is 10.2 Å². The number of methoxy groups -OCH3 is 2. The Balaban J connectivity index is 1.36. The van der Waals surface area contributed by atoms with Crippen LogP contribution in [0.1, 0.15) is 0 Å². The molecule has 0 spiro atoms. The van der Waals surface area contributed by atoms with Gasteiger partial charge in [0.2, 0.25) is 0 Å². The number of carbonyl (C=O) groups is 1. The van der Waals surface area contributed by atoms with Gasteiger partial charge in [-0.1, -0.05) is 18.2 Å². The van der Waals surface area contributed by atoms with Crippen LogP contribution in [0.5, 0.6) is 11.5 Å². The number of aliphatic hydroxyl groups excluding tert-OH is 2. The fourth-order valence-corrected chi connectivity index (χ4v) is 4.76. The van der Waals surface area contributed by atoms with Gasteiger partial charge in [0, 0.05) is 62.3 Å². The third-order valence-corrected chi connectivity index (χ3v) is 6.57. The molecule has 4 N–H and O–H groups in total. The molecule has 4 atom stereocenters. The Hall–Kier alpha value is -3.05. The summed E-state index contributed by atoms with van der Waals surface area (Å²) in [5, 5.41) is 26.2. The van der Waals surface area contributed by atoms with Crippen molar-refractivity contribution in [2.45, 2.75) is 24.4 Å². The molecule has 2 aromatic carbocycles. The van der Waals surface area contributed by atoms with Gasteiger partial charge in [0.25, 0.3) is 0 Å². The zero-order valence-electron chi connectivity index (χ0n) is 20.1. The first-order chi connectivity index (χ1) is 17.0. The second-order valence-electron chi connectivity index (χ2n) is 8.67. The number of hydrogen-bond acceptors (Lipinski definition) is 8. The minimum absolute atomic E-state index is 0.185. The monoisotopic (exact) mass is 486 g/mol. The van der Waals surface area contributed by atoms with Gasteiger partial charge in [-0.25, -0.2) is 4.79 Å². The summed E-state index contributed by atoms with van der Waals surface area (Å²) in [6.45, 7) is 3.01. The summed E-state index contributed by atoms with van der Waals surface area (Å²) in [5.41, 5.74) is 1.69. The molecule has 10 nitrogen and oxygen atoms in total. The summed E-state index contributed by atoms with van der Waals surface area (Å²) in [7, 11) is 3.08. The quantitative estimate of drug-likeness (QED) is 0.439. The number of nitrogens with zero attached hydrogens (tertiary/aromatic N) is 2. The Morgan fingerprint density at radius 1 is 1.03 bits per heavy atom. The molecule has 2 heterocycles. The molecule has 0 radical (unpaired) electrons. The number of aliphatic hydroxyl groups is 2. The van der Waals surface area contributed by atoms with Crippen LogP contribution >= 0.6 is 0 Å². The summed E-state index contributed by atoms with van der Waals surface area (Å²) < 4.78 is 16.4. The van der Waals surface area contributed by atoms with Crippen molar-refractivity contribution >= 4 is 17.4 Å². The second kappa shape index (κ2) is 11.6.